The summed E-state index contributed by atoms with van der Waals surface area (Å²) in [5.74, 6) is -3.26. The molecule has 0 aromatic carbocycles. The molecule has 6 heteroatoms. The zero-order chi connectivity index (χ0) is 10.7. The molecule has 3 unspecified atom stereocenters. The van der Waals surface area contributed by atoms with Gasteiger partial charge in [-0.1, -0.05) is 19.8 Å². The molecule has 84 valence electrons. The normalized spacial score (nSPS) is 28.4. The van der Waals surface area contributed by atoms with Crippen molar-refractivity contribution >= 4 is 49.7 Å². The van der Waals surface area contributed by atoms with Gasteiger partial charge in [0.1, 0.15) is 0 Å². The minimum absolute atomic E-state index is 0. The second-order valence-corrected chi connectivity index (χ2v) is 3.91. The Hall–Kier alpha value is 0.135. The van der Waals surface area contributed by atoms with Gasteiger partial charge < -0.3 is 10.2 Å². The van der Waals surface area contributed by atoms with E-state index in [0.29, 0.717) is 6.42 Å². The van der Waals surface area contributed by atoms with Crippen LogP contribution in [0.5, 0.6) is 0 Å². The van der Waals surface area contributed by atoms with Gasteiger partial charge in [-0.3, -0.25) is 9.59 Å². The van der Waals surface area contributed by atoms with Crippen molar-refractivity contribution in [3.05, 3.63) is 0 Å². The summed E-state index contributed by atoms with van der Waals surface area (Å²) in [5.41, 5.74) is 0. The molecule has 4 nitrogen and oxygen atoms in total. The van der Waals surface area contributed by atoms with E-state index in [4.69, 9.17) is 10.2 Å². The van der Waals surface area contributed by atoms with Gasteiger partial charge in [0.2, 0.25) is 0 Å². The standard InChI is InChI=1S/C10H16O4.2Li.2H/c1-2-6-4-3-5-7(9(11)12)8(6)10(13)14;;;;/h6-8H,2-5H2,1H3,(H,11,12)(H,13,14);;;;. The Morgan fingerprint density at radius 1 is 1.12 bits per heavy atom. The molecule has 1 fully saturated rings. The van der Waals surface area contributed by atoms with E-state index in [1.807, 2.05) is 6.92 Å². The molecule has 16 heavy (non-hydrogen) atoms. The van der Waals surface area contributed by atoms with Crippen LogP contribution in [0.1, 0.15) is 32.6 Å². The maximum atomic E-state index is 11.0. The average molecular weight is 216 g/mol. The molecular formula is C10H18Li2O4. The molecule has 3 atom stereocenters. The van der Waals surface area contributed by atoms with Gasteiger partial charge in [0, 0.05) is 0 Å². The van der Waals surface area contributed by atoms with E-state index in [-0.39, 0.29) is 43.6 Å². The van der Waals surface area contributed by atoms with Crippen LogP contribution < -0.4 is 0 Å². The molecule has 0 spiro atoms. The SMILES string of the molecule is CCC1CCCC(C(=O)O)C1C(=O)O.[LiH].[LiH]. The van der Waals surface area contributed by atoms with Crippen molar-refractivity contribution in [3.8, 4) is 0 Å². The molecule has 0 radical (unpaired) electrons. The van der Waals surface area contributed by atoms with Gasteiger partial charge in [0.25, 0.3) is 0 Å². The van der Waals surface area contributed by atoms with Gasteiger partial charge in [-0.05, 0) is 18.8 Å². The third kappa shape index (κ3) is 4.19. The molecule has 0 amide bonds. The van der Waals surface area contributed by atoms with Crippen LogP contribution in [0.4, 0.5) is 0 Å². The van der Waals surface area contributed by atoms with E-state index >= 15 is 0 Å². The van der Waals surface area contributed by atoms with E-state index < -0.39 is 23.8 Å². The molecule has 1 rings (SSSR count). The minimum atomic E-state index is -0.962. The Morgan fingerprint density at radius 3 is 2.06 bits per heavy atom. The van der Waals surface area contributed by atoms with E-state index in [9.17, 15) is 9.59 Å². The van der Waals surface area contributed by atoms with E-state index in [0.717, 1.165) is 19.3 Å². The summed E-state index contributed by atoms with van der Waals surface area (Å²) in [4.78, 5) is 21.8. The average Bonchev–Trinajstić information content (AvgIpc) is 2.16. The van der Waals surface area contributed by atoms with Crippen molar-refractivity contribution in [2.24, 2.45) is 17.8 Å². The summed E-state index contributed by atoms with van der Waals surface area (Å²) in [5, 5.41) is 17.9. The summed E-state index contributed by atoms with van der Waals surface area (Å²) in [6.45, 7) is 1.92. The third-order valence-electron chi connectivity index (χ3n) is 3.16. The van der Waals surface area contributed by atoms with Crippen LogP contribution in [-0.4, -0.2) is 59.9 Å². The number of hydrogen-bond acceptors (Lipinski definition) is 2. The van der Waals surface area contributed by atoms with E-state index in [1.54, 1.807) is 0 Å². The van der Waals surface area contributed by atoms with Crippen LogP contribution >= 0.6 is 0 Å². The zero-order valence-electron chi connectivity index (χ0n) is 8.27. The molecule has 0 heterocycles. The summed E-state index contributed by atoms with van der Waals surface area (Å²) >= 11 is 0. The van der Waals surface area contributed by atoms with Crippen LogP contribution in [0.2, 0.25) is 0 Å². The summed E-state index contributed by atoms with van der Waals surface area (Å²) < 4.78 is 0. The van der Waals surface area contributed by atoms with Crippen molar-refractivity contribution in [1.82, 2.24) is 0 Å². The van der Waals surface area contributed by atoms with Crippen molar-refractivity contribution in [2.45, 2.75) is 32.6 Å². The van der Waals surface area contributed by atoms with Crippen LogP contribution in [0.15, 0.2) is 0 Å². The Kier molecular flexibility index (Phi) is 9.55. The summed E-state index contributed by atoms with van der Waals surface area (Å²) in [7, 11) is 0. The van der Waals surface area contributed by atoms with Gasteiger partial charge >= 0.3 is 49.7 Å². The number of rotatable bonds is 3. The van der Waals surface area contributed by atoms with Gasteiger partial charge in [-0.15, -0.1) is 0 Å². The molecule has 0 saturated heterocycles. The first-order chi connectivity index (χ1) is 6.57. The second kappa shape index (κ2) is 8.26. The molecule has 0 aliphatic heterocycles. The van der Waals surface area contributed by atoms with Crippen LogP contribution in [0, 0.1) is 17.8 Å². The van der Waals surface area contributed by atoms with E-state index in [2.05, 4.69) is 0 Å². The molecular weight excluding hydrogens is 198 g/mol. The molecule has 1 aliphatic rings. The Morgan fingerprint density at radius 2 is 1.69 bits per heavy atom. The first kappa shape index (κ1) is 18.5. The summed E-state index contributed by atoms with van der Waals surface area (Å²) in [6.07, 6.45) is 2.93. The zero-order valence-corrected chi connectivity index (χ0v) is 8.27. The summed E-state index contributed by atoms with van der Waals surface area (Å²) in [6, 6.07) is 0. The number of carboxylic acids is 2. The quantitative estimate of drug-likeness (QED) is 0.665. The number of hydrogen-bond donors (Lipinski definition) is 2. The van der Waals surface area contributed by atoms with Crippen LogP contribution in [-0.2, 0) is 9.59 Å². The number of carbonyl (C=O) groups is 2. The maximum absolute atomic E-state index is 11.0. The predicted molar refractivity (Wildman–Crippen MR) is 64.2 cm³/mol. The molecule has 2 N–H and O–H groups in total. The van der Waals surface area contributed by atoms with Gasteiger partial charge in [-0.25, -0.2) is 0 Å². The molecule has 1 saturated carbocycles. The molecule has 0 bridgehead atoms. The first-order valence-corrected chi connectivity index (χ1v) is 5.03. The molecule has 1 aliphatic carbocycles. The fourth-order valence-corrected chi connectivity index (χ4v) is 2.40. The fourth-order valence-electron chi connectivity index (χ4n) is 2.40. The monoisotopic (exact) mass is 216 g/mol. The molecule has 0 aromatic rings. The predicted octanol–water partition coefficient (Wildman–Crippen LogP) is 0.301. The third-order valence-corrected chi connectivity index (χ3v) is 3.16. The van der Waals surface area contributed by atoms with Gasteiger partial charge in [0.05, 0.1) is 11.8 Å². The number of carboxylic acid groups (broad SMARTS) is 2. The Balaban J connectivity index is 0. The topological polar surface area (TPSA) is 74.6 Å². The Bertz CT molecular complexity index is 245. The van der Waals surface area contributed by atoms with Crippen molar-refractivity contribution < 1.29 is 19.8 Å². The van der Waals surface area contributed by atoms with Gasteiger partial charge in [-0.2, -0.15) is 0 Å². The number of aliphatic carboxylic acids is 2. The molecule has 0 aromatic heterocycles. The first-order valence-electron chi connectivity index (χ1n) is 5.03. The van der Waals surface area contributed by atoms with E-state index in [1.165, 1.54) is 0 Å². The fraction of sp³-hybridized carbons (Fsp3) is 0.800. The second-order valence-electron chi connectivity index (χ2n) is 3.91. The van der Waals surface area contributed by atoms with Crippen molar-refractivity contribution in [2.75, 3.05) is 0 Å². The van der Waals surface area contributed by atoms with Crippen molar-refractivity contribution in [1.29, 1.82) is 0 Å². The van der Waals surface area contributed by atoms with Gasteiger partial charge in [0.15, 0.2) is 0 Å². The van der Waals surface area contributed by atoms with Crippen LogP contribution in [0.25, 0.3) is 0 Å². The van der Waals surface area contributed by atoms with Crippen molar-refractivity contribution in [3.63, 3.8) is 0 Å². The van der Waals surface area contributed by atoms with Crippen LogP contribution in [0.3, 0.4) is 0 Å². The Labute approximate surface area is 120 Å².